The second kappa shape index (κ2) is 7.09. The summed E-state index contributed by atoms with van der Waals surface area (Å²) in [6.07, 6.45) is 1.42. The lowest BCUT2D eigenvalue weighted by atomic mass is 9.97. The first-order chi connectivity index (χ1) is 10.1. The number of esters is 1. The van der Waals surface area contributed by atoms with Gasteiger partial charge in [0.2, 0.25) is 0 Å². The van der Waals surface area contributed by atoms with Gasteiger partial charge in [-0.25, -0.2) is 0 Å². The fourth-order valence-electron chi connectivity index (χ4n) is 2.35. The number of hydrogen-bond donors (Lipinski definition) is 0. The molecule has 5 nitrogen and oxygen atoms in total. The molecule has 1 amide bonds. The van der Waals surface area contributed by atoms with Crippen molar-refractivity contribution in [1.29, 1.82) is 5.26 Å². The summed E-state index contributed by atoms with van der Waals surface area (Å²) in [5.41, 5.74) is 0.547. The molecule has 1 aliphatic rings. The van der Waals surface area contributed by atoms with Crippen molar-refractivity contribution >= 4 is 23.5 Å². The van der Waals surface area contributed by atoms with Gasteiger partial charge in [0.15, 0.2) is 6.61 Å². The molecule has 1 atom stereocenters. The van der Waals surface area contributed by atoms with E-state index in [1.165, 1.54) is 0 Å². The average molecular weight is 307 g/mol. The minimum absolute atomic E-state index is 0.121. The van der Waals surface area contributed by atoms with Crippen molar-refractivity contribution in [3.05, 3.63) is 34.9 Å². The van der Waals surface area contributed by atoms with Crippen molar-refractivity contribution in [3.8, 4) is 6.07 Å². The SMILES string of the molecule is N#CCOC(=O)[C@H]1CCCN(C(=O)c2ccc(Cl)cc2)C1. The second-order valence-electron chi connectivity index (χ2n) is 4.86. The van der Waals surface area contributed by atoms with Crippen LogP contribution in [0.1, 0.15) is 23.2 Å². The third-order valence-electron chi connectivity index (χ3n) is 3.41. The Morgan fingerprint density at radius 1 is 1.38 bits per heavy atom. The highest BCUT2D eigenvalue weighted by Gasteiger charge is 2.29. The lowest BCUT2D eigenvalue weighted by molar-refractivity contribution is -0.148. The highest BCUT2D eigenvalue weighted by molar-refractivity contribution is 6.30. The molecule has 1 saturated heterocycles. The van der Waals surface area contributed by atoms with Gasteiger partial charge in [-0.2, -0.15) is 5.26 Å². The first-order valence-corrected chi connectivity index (χ1v) is 7.08. The highest BCUT2D eigenvalue weighted by Crippen LogP contribution is 2.20. The van der Waals surface area contributed by atoms with Crippen molar-refractivity contribution in [2.75, 3.05) is 19.7 Å². The first kappa shape index (κ1) is 15.3. The Labute approximate surface area is 128 Å². The van der Waals surface area contributed by atoms with Crippen molar-refractivity contribution in [2.45, 2.75) is 12.8 Å². The van der Waals surface area contributed by atoms with E-state index in [4.69, 9.17) is 21.6 Å². The zero-order valence-corrected chi connectivity index (χ0v) is 12.2. The molecule has 21 heavy (non-hydrogen) atoms. The fourth-order valence-corrected chi connectivity index (χ4v) is 2.48. The number of piperidine rings is 1. The van der Waals surface area contributed by atoms with Gasteiger partial charge >= 0.3 is 5.97 Å². The number of halogens is 1. The maximum Gasteiger partial charge on any atom is 0.311 e. The number of carbonyl (C=O) groups is 2. The predicted molar refractivity (Wildman–Crippen MR) is 76.7 cm³/mol. The molecule has 1 aromatic rings. The van der Waals surface area contributed by atoms with Crippen LogP contribution in [0, 0.1) is 17.2 Å². The van der Waals surface area contributed by atoms with Crippen LogP contribution in [0.3, 0.4) is 0 Å². The summed E-state index contributed by atoms with van der Waals surface area (Å²) in [5.74, 6) is -0.891. The number of rotatable bonds is 3. The Morgan fingerprint density at radius 2 is 2.10 bits per heavy atom. The van der Waals surface area contributed by atoms with Gasteiger partial charge < -0.3 is 9.64 Å². The van der Waals surface area contributed by atoms with E-state index in [0.717, 1.165) is 6.42 Å². The van der Waals surface area contributed by atoms with Gasteiger partial charge in [0.05, 0.1) is 5.92 Å². The molecular weight excluding hydrogens is 292 g/mol. The molecule has 1 fully saturated rings. The van der Waals surface area contributed by atoms with Crippen LogP contribution >= 0.6 is 11.6 Å². The molecular formula is C15H15ClN2O3. The predicted octanol–water partition coefficient (Wildman–Crippen LogP) is 2.26. The third kappa shape index (κ3) is 3.96. The molecule has 0 bridgehead atoms. The lowest BCUT2D eigenvalue weighted by Gasteiger charge is -2.31. The molecule has 0 saturated carbocycles. The lowest BCUT2D eigenvalue weighted by Crippen LogP contribution is -2.42. The largest absolute Gasteiger partial charge is 0.450 e. The topological polar surface area (TPSA) is 70.4 Å². The van der Waals surface area contributed by atoms with Crippen LogP contribution in [0.4, 0.5) is 0 Å². The summed E-state index contributed by atoms with van der Waals surface area (Å²) in [4.78, 5) is 25.8. The molecule has 2 rings (SSSR count). The summed E-state index contributed by atoms with van der Waals surface area (Å²) in [6, 6.07) is 8.43. The van der Waals surface area contributed by atoms with E-state index >= 15 is 0 Å². The van der Waals surface area contributed by atoms with Crippen molar-refractivity contribution in [3.63, 3.8) is 0 Å². The third-order valence-corrected chi connectivity index (χ3v) is 3.66. The summed E-state index contributed by atoms with van der Waals surface area (Å²) < 4.78 is 4.82. The van der Waals surface area contributed by atoms with Crippen LogP contribution in [0.25, 0.3) is 0 Å². The van der Waals surface area contributed by atoms with E-state index in [9.17, 15) is 9.59 Å². The Morgan fingerprint density at radius 3 is 2.76 bits per heavy atom. The number of nitriles is 1. The molecule has 0 radical (unpaired) electrons. The number of carbonyl (C=O) groups excluding carboxylic acids is 2. The average Bonchev–Trinajstić information content (AvgIpc) is 2.52. The fraction of sp³-hybridized carbons (Fsp3) is 0.400. The standard InChI is InChI=1S/C15H15ClN2O3/c16-13-5-3-11(4-6-13)14(19)18-8-1-2-12(10-18)15(20)21-9-7-17/h3-6,12H,1-2,8-10H2/t12-/m0/s1. The molecule has 0 spiro atoms. The highest BCUT2D eigenvalue weighted by atomic mass is 35.5. The zero-order chi connectivity index (χ0) is 15.2. The number of amides is 1. The normalized spacial score (nSPS) is 17.9. The minimum atomic E-state index is -0.412. The van der Waals surface area contributed by atoms with Crippen LogP contribution < -0.4 is 0 Å². The summed E-state index contributed by atoms with van der Waals surface area (Å²) in [7, 11) is 0. The Bertz CT molecular complexity index is 565. The Kier molecular flexibility index (Phi) is 5.18. The Hall–Kier alpha value is -2.06. The summed E-state index contributed by atoms with van der Waals surface area (Å²) >= 11 is 5.80. The van der Waals surface area contributed by atoms with E-state index in [1.54, 1.807) is 35.2 Å². The van der Waals surface area contributed by atoms with Crippen LogP contribution in [-0.4, -0.2) is 36.5 Å². The van der Waals surface area contributed by atoms with Crippen molar-refractivity contribution in [1.82, 2.24) is 4.90 Å². The number of likely N-dealkylation sites (tertiary alicyclic amines) is 1. The van der Waals surface area contributed by atoms with E-state index in [1.807, 2.05) is 0 Å². The first-order valence-electron chi connectivity index (χ1n) is 6.70. The van der Waals surface area contributed by atoms with Gasteiger partial charge in [0.25, 0.3) is 5.91 Å². The van der Waals surface area contributed by atoms with Gasteiger partial charge in [-0.3, -0.25) is 9.59 Å². The number of nitrogens with zero attached hydrogens (tertiary/aromatic N) is 2. The maximum absolute atomic E-state index is 12.4. The smallest absolute Gasteiger partial charge is 0.311 e. The molecule has 1 aromatic carbocycles. The summed E-state index contributed by atoms with van der Waals surface area (Å²) in [6.45, 7) is 0.690. The van der Waals surface area contributed by atoms with Gasteiger partial charge in [-0.05, 0) is 37.1 Å². The van der Waals surface area contributed by atoms with E-state index in [2.05, 4.69) is 0 Å². The van der Waals surface area contributed by atoms with Crippen molar-refractivity contribution < 1.29 is 14.3 Å². The van der Waals surface area contributed by atoms with Crippen molar-refractivity contribution in [2.24, 2.45) is 5.92 Å². The number of ether oxygens (including phenoxy) is 1. The van der Waals surface area contributed by atoms with Gasteiger partial charge in [0.1, 0.15) is 6.07 Å². The van der Waals surface area contributed by atoms with Crippen LogP contribution in [0.5, 0.6) is 0 Å². The second-order valence-corrected chi connectivity index (χ2v) is 5.30. The van der Waals surface area contributed by atoms with Crippen LogP contribution in [0.15, 0.2) is 24.3 Å². The monoisotopic (exact) mass is 306 g/mol. The molecule has 0 unspecified atom stereocenters. The molecule has 1 heterocycles. The van der Waals surface area contributed by atoms with Crippen LogP contribution in [0.2, 0.25) is 5.02 Å². The molecule has 0 aromatic heterocycles. The summed E-state index contributed by atoms with van der Waals surface area (Å²) in [5, 5.41) is 8.99. The molecule has 1 aliphatic heterocycles. The van der Waals surface area contributed by atoms with Gasteiger partial charge in [0, 0.05) is 23.7 Å². The van der Waals surface area contributed by atoms with Gasteiger partial charge in [-0.15, -0.1) is 0 Å². The van der Waals surface area contributed by atoms with E-state index in [0.29, 0.717) is 30.1 Å². The maximum atomic E-state index is 12.4. The van der Waals surface area contributed by atoms with Crippen LogP contribution in [-0.2, 0) is 9.53 Å². The van der Waals surface area contributed by atoms with E-state index < -0.39 is 5.97 Å². The molecule has 6 heteroatoms. The quantitative estimate of drug-likeness (QED) is 0.803. The number of hydrogen-bond acceptors (Lipinski definition) is 4. The van der Waals surface area contributed by atoms with E-state index in [-0.39, 0.29) is 18.4 Å². The molecule has 110 valence electrons. The zero-order valence-electron chi connectivity index (χ0n) is 11.4. The number of benzene rings is 1. The molecule has 0 aliphatic carbocycles. The Balaban J connectivity index is 2.00. The molecule has 0 N–H and O–H groups in total. The van der Waals surface area contributed by atoms with Gasteiger partial charge in [-0.1, -0.05) is 11.6 Å². The minimum Gasteiger partial charge on any atom is -0.450 e.